The molecule has 0 aliphatic heterocycles. The standard InChI is InChI=1S/C19H12N2O2/c1-23-11-6-7-16-15(10-11)13-8-9-20-17-12-4-2-3-5-14(12)19(22)21(16)18(13)17/h2-10H,1H3. The molecule has 0 saturated carbocycles. The summed E-state index contributed by atoms with van der Waals surface area (Å²) in [5.74, 6) is 0.777. The Labute approximate surface area is 130 Å². The molecule has 110 valence electrons. The molecular formula is C19H12N2O2. The topological polar surface area (TPSA) is 43.6 Å². The molecule has 0 saturated heterocycles. The number of methoxy groups -OCH3 is 1. The van der Waals surface area contributed by atoms with Crippen LogP contribution in [0.15, 0.2) is 59.5 Å². The molecule has 2 aromatic carbocycles. The summed E-state index contributed by atoms with van der Waals surface area (Å²) in [7, 11) is 1.65. The van der Waals surface area contributed by atoms with Crippen molar-refractivity contribution in [3.63, 3.8) is 0 Å². The molecule has 0 N–H and O–H groups in total. The lowest BCUT2D eigenvalue weighted by Gasteiger charge is -2.04. The first-order chi connectivity index (χ1) is 11.3. The number of ether oxygens (including phenoxy) is 1. The van der Waals surface area contributed by atoms with Gasteiger partial charge in [-0.15, -0.1) is 0 Å². The number of hydrogen-bond acceptors (Lipinski definition) is 3. The van der Waals surface area contributed by atoms with Crippen LogP contribution < -0.4 is 10.3 Å². The molecule has 0 fully saturated rings. The van der Waals surface area contributed by atoms with Gasteiger partial charge in [-0.3, -0.25) is 14.2 Å². The van der Waals surface area contributed by atoms with Crippen molar-refractivity contribution in [3.05, 3.63) is 65.1 Å². The van der Waals surface area contributed by atoms with E-state index in [1.807, 2.05) is 48.5 Å². The molecule has 0 radical (unpaired) electrons. The van der Waals surface area contributed by atoms with Gasteiger partial charge in [0.25, 0.3) is 5.56 Å². The Balaban J connectivity index is 2.21. The van der Waals surface area contributed by atoms with Crippen molar-refractivity contribution in [1.29, 1.82) is 0 Å². The summed E-state index contributed by atoms with van der Waals surface area (Å²) in [6.07, 6.45) is 1.80. The van der Waals surface area contributed by atoms with Crippen LogP contribution >= 0.6 is 0 Å². The zero-order valence-corrected chi connectivity index (χ0v) is 12.4. The lowest BCUT2D eigenvalue weighted by molar-refractivity contribution is 0.415. The summed E-state index contributed by atoms with van der Waals surface area (Å²) >= 11 is 0. The third kappa shape index (κ3) is 1.45. The molecule has 0 amide bonds. The Morgan fingerprint density at radius 3 is 2.61 bits per heavy atom. The van der Waals surface area contributed by atoms with Gasteiger partial charge in [-0.2, -0.15) is 0 Å². The Morgan fingerprint density at radius 1 is 0.957 bits per heavy atom. The van der Waals surface area contributed by atoms with Crippen LogP contribution in [0.5, 0.6) is 5.75 Å². The summed E-state index contributed by atoms with van der Waals surface area (Å²) in [5.41, 5.74) is 2.60. The smallest absolute Gasteiger partial charge is 0.263 e. The van der Waals surface area contributed by atoms with E-state index in [-0.39, 0.29) is 5.56 Å². The molecule has 0 unspecified atom stereocenters. The highest BCUT2D eigenvalue weighted by Gasteiger charge is 2.17. The minimum Gasteiger partial charge on any atom is -0.497 e. The van der Waals surface area contributed by atoms with Crippen LogP contribution in [0.4, 0.5) is 0 Å². The van der Waals surface area contributed by atoms with Crippen LogP contribution in [0.25, 0.3) is 38.1 Å². The fraction of sp³-hybridized carbons (Fsp3) is 0.0526. The summed E-state index contributed by atoms with van der Waals surface area (Å²) in [5, 5.41) is 3.61. The Bertz CT molecular complexity index is 1270. The molecule has 0 aliphatic carbocycles. The van der Waals surface area contributed by atoms with Gasteiger partial charge in [-0.1, -0.05) is 18.2 Å². The molecule has 23 heavy (non-hydrogen) atoms. The SMILES string of the molecule is COc1ccc2c(c1)c1ccnc3c4ccccc4c(=O)n2c13. The number of pyridine rings is 2. The second-order valence-corrected chi connectivity index (χ2v) is 5.62. The van der Waals surface area contributed by atoms with Gasteiger partial charge in [-0.25, -0.2) is 0 Å². The zero-order valence-electron chi connectivity index (χ0n) is 12.4. The van der Waals surface area contributed by atoms with Crippen molar-refractivity contribution in [3.8, 4) is 5.75 Å². The van der Waals surface area contributed by atoms with Crippen molar-refractivity contribution in [2.75, 3.05) is 7.11 Å². The van der Waals surface area contributed by atoms with E-state index in [9.17, 15) is 4.79 Å². The molecule has 3 heterocycles. The van der Waals surface area contributed by atoms with E-state index in [4.69, 9.17) is 4.74 Å². The maximum atomic E-state index is 13.0. The van der Waals surface area contributed by atoms with Crippen LogP contribution in [-0.2, 0) is 0 Å². The normalized spacial score (nSPS) is 11.9. The van der Waals surface area contributed by atoms with Gasteiger partial charge in [-0.05, 0) is 30.3 Å². The van der Waals surface area contributed by atoms with Crippen molar-refractivity contribution in [2.24, 2.45) is 0 Å². The lowest BCUT2D eigenvalue weighted by atomic mass is 10.1. The monoisotopic (exact) mass is 300 g/mol. The van der Waals surface area contributed by atoms with Crippen molar-refractivity contribution in [1.82, 2.24) is 9.38 Å². The molecule has 4 nitrogen and oxygen atoms in total. The Kier molecular flexibility index (Phi) is 2.26. The number of nitrogens with zero attached hydrogens (tertiary/aromatic N) is 2. The van der Waals surface area contributed by atoms with Gasteiger partial charge < -0.3 is 4.74 Å². The van der Waals surface area contributed by atoms with Gasteiger partial charge in [0.15, 0.2) is 0 Å². The molecular weight excluding hydrogens is 288 g/mol. The van der Waals surface area contributed by atoms with Gasteiger partial charge >= 0.3 is 0 Å². The van der Waals surface area contributed by atoms with Crippen LogP contribution in [0.2, 0.25) is 0 Å². The van der Waals surface area contributed by atoms with Crippen molar-refractivity contribution in [2.45, 2.75) is 0 Å². The number of rotatable bonds is 1. The maximum Gasteiger partial charge on any atom is 0.263 e. The number of hydrogen-bond donors (Lipinski definition) is 0. The summed E-state index contributed by atoms with van der Waals surface area (Å²) < 4.78 is 7.11. The first-order valence-corrected chi connectivity index (χ1v) is 7.41. The molecule has 4 heteroatoms. The first-order valence-electron chi connectivity index (χ1n) is 7.41. The van der Waals surface area contributed by atoms with E-state index >= 15 is 0 Å². The quantitative estimate of drug-likeness (QED) is 0.444. The highest BCUT2D eigenvalue weighted by atomic mass is 16.5. The second kappa shape index (κ2) is 4.20. The summed E-state index contributed by atoms with van der Waals surface area (Å²) in [4.78, 5) is 17.6. The lowest BCUT2D eigenvalue weighted by Crippen LogP contribution is -2.13. The average Bonchev–Trinajstić information content (AvgIpc) is 2.94. The second-order valence-electron chi connectivity index (χ2n) is 5.62. The van der Waals surface area contributed by atoms with Crippen LogP contribution in [0.3, 0.4) is 0 Å². The van der Waals surface area contributed by atoms with E-state index in [0.717, 1.165) is 38.5 Å². The van der Waals surface area contributed by atoms with Gasteiger partial charge in [0, 0.05) is 27.7 Å². The first kappa shape index (κ1) is 12.4. The highest BCUT2D eigenvalue weighted by molar-refractivity contribution is 6.18. The third-order valence-electron chi connectivity index (χ3n) is 4.50. The molecule has 5 aromatic rings. The zero-order chi connectivity index (χ0) is 15.6. The number of aromatic nitrogens is 2. The molecule has 0 spiro atoms. The minimum atomic E-state index is -0.00809. The van der Waals surface area contributed by atoms with Crippen LogP contribution in [0, 0.1) is 0 Å². The predicted octanol–water partition coefficient (Wildman–Crippen LogP) is 3.60. The molecule has 3 aromatic heterocycles. The van der Waals surface area contributed by atoms with E-state index < -0.39 is 0 Å². The van der Waals surface area contributed by atoms with E-state index in [2.05, 4.69) is 4.98 Å². The number of fused-ring (bicyclic) bond motifs is 5. The van der Waals surface area contributed by atoms with Gasteiger partial charge in [0.1, 0.15) is 5.75 Å². The summed E-state index contributed by atoms with van der Waals surface area (Å²) in [6, 6.07) is 15.4. The van der Waals surface area contributed by atoms with Gasteiger partial charge in [0.05, 0.1) is 23.7 Å². The molecule has 0 bridgehead atoms. The Morgan fingerprint density at radius 2 is 1.78 bits per heavy atom. The van der Waals surface area contributed by atoms with Crippen molar-refractivity contribution < 1.29 is 4.74 Å². The van der Waals surface area contributed by atoms with Crippen LogP contribution in [0.1, 0.15) is 0 Å². The molecule has 0 aliphatic rings. The van der Waals surface area contributed by atoms with Crippen LogP contribution in [-0.4, -0.2) is 16.5 Å². The third-order valence-corrected chi connectivity index (χ3v) is 4.50. The average molecular weight is 300 g/mol. The number of benzene rings is 2. The highest BCUT2D eigenvalue weighted by Crippen LogP contribution is 2.34. The van der Waals surface area contributed by atoms with Gasteiger partial charge in [0.2, 0.25) is 0 Å². The van der Waals surface area contributed by atoms with E-state index in [1.165, 1.54) is 0 Å². The Hall–Kier alpha value is -3.14. The van der Waals surface area contributed by atoms with E-state index in [1.54, 1.807) is 17.7 Å². The van der Waals surface area contributed by atoms with E-state index in [0.29, 0.717) is 5.39 Å². The maximum absolute atomic E-state index is 13.0. The predicted molar refractivity (Wildman–Crippen MR) is 91.7 cm³/mol. The molecule has 5 rings (SSSR count). The fourth-order valence-electron chi connectivity index (χ4n) is 3.48. The minimum absolute atomic E-state index is 0.00809. The molecule has 0 atom stereocenters. The summed E-state index contributed by atoms with van der Waals surface area (Å²) in [6.45, 7) is 0. The largest absolute Gasteiger partial charge is 0.497 e. The fourth-order valence-corrected chi connectivity index (χ4v) is 3.48. The van der Waals surface area contributed by atoms with Crippen molar-refractivity contribution >= 4 is 38.1 Å².